The third-order valence-electron chi connectivity index (χ3n) is 15.6. The summed E-state index contributed by atoms with van der Waals surface area (Å²) in [6.45, 7) is 12.9. The van der Waals surface area contributed by atoms with E-state index in [0.29, 0.717) is 55.0 Å². The number of aromatic nitrogens is 2. The zero-order valence-electron chi connectivity index (χ0n) is 52.5. The molecular formula is C67H89BrCl2N8O9S3. The summed E-state index contributed by atoms with van der Waals surface area (Å²) in [6, 6.07) is 25.4. The number of rotatable bonds is 20. The highest BCUT2D eigenvalue weighted by Gasteiger charge is 2.28. The molecule has 5 unspecified atom stereocenters. The van der Waals surface area contributed by atoms with Crippen molar-refractivity contribution in [3.63, 3.8) is 0 Å². The average molecular weight is 1400 g/mol. The van der Waals surface area contributed by atoms with Crippen LogP contribution in [-0.4, -0.2) is 135 Å². The molecule has 5 aromatic rings. The number of aryl methyl sites for hydroxylation is 2. The summed E-state index contributed by atoms with van der Waals surface area (Å²) >= 11 is 22.8. The highest BCUT2D eigenvalue weighted by atomic mass is 79.9. The molecule has 4 amide bonds. The van der Waals surface area contributed by atoms with Crippen LogP contribution in [0.5, 0.6) is 17.2 Å². The average Bonchev–Trinajstić information content (AvgIpc) is 1.78. The molecule has 0 bridgehead atoms. The molecule has 490 valence electrons. The molecule has 0 spiro atoms. The van der Waals surface area contributed by atoms with E-state index < -0.39 is 0 Å². The van der Waals surface area contributed by atoms with Crippen LogP contribution in [0.25, 0.3) is 21.1 Å². The van der Waals surface area contributed by atoms with E-state index in [-0.39, 0.29) is 58.4 Å². The molecule has 3 heterocycles. The summed E-state index contributed by atoms with van der Waals surface area (Å²) in [5.41, 5.74) is 10.9. The Kier molecular flexibility index (Phi) is 31.9. The van der Waals surface area contributed by atoms with Crippen molar-refractivity contribution in [1.82, 2.24) is 36.1 Å². The number of amides is 4. The fraction of sp³-hybridized carbons (Fsp3) is 0.537. The number of likely N-dealkylation sites (tertiary alicyclic amines) is 1. The molecule has 2 saturated carbocycles. The highest BCUT2D eigenvalue weighted by Crippen LogP contribution is 2.35. The Morgan fingerprint density at radius 1 is 0.600 bits per heavy atom. The number of thiazole rings is 2. The summed E-state index contributed by atoms with van der Waals surface area (Å²) in [5.74, 6) is 4.47. The molecule has 3 aromatic carbocycles. The Labute approximate surface area is 563 Å². The molecule has 1 aliphatic heterocycles. The second-order valence-corrected chi connectivity index (χ2v) is 27.6. The second kappa shape index (κ2) is 39.1. The van der Waals surface area contributed by atoms with Gasteiger partial charge in [0.15, 0.2) is 0 Å². The Morgan fingerprint density at radius 2 is 1.01 bits per heavy atom. The van der Waals surface area contributed by atoms with E-state index in [2.05, 4.69) is 61.2 Å². The van der Waals surface area contributed by atoms with Crippen LogP contribution in [0.1, 0.15) is 151 Å². The zero-order valence-corrected chi connectivity index (χ0v) is 58.1. The predicted molar refractivity (Wildman–Crippen MR) is 369 cm³/mol. The third kappa shape index (κ3) is 26.2. The van der Waals surface area contributed by atoms with Gasteiger partial charge in [-0.3, -0.25) is 28.8 Å². The van der Waals surface area contributed by atoms with E-state index in [1.54, 1.807) is 36.5 Å². The molecule has 17 nitrogen and oxygen atoms in total. The van der Waals surface area contributed by atoms with Gasteiger partial charge in [-0.05, 0) is 170 Å². The lowest BCUT2D eigenvalue weighted by atomic mass is 9.94. The Morgan fingerprint density at radius 3 is 1.42 bits per heavy atom. The maximum absolute atomic E-state index is 11.3. The van der Waals surface area contributed by atoms with Crippen LogP contribution < -0.4 is 41.2 Å². The van der Waals surface area contributed by atoms with Gasteiger partial charge >= 0.3 is 0 Å². The number of Topliss-reactive ketones (excluding diaryl/α,β-unsaturated/α-hetero) is 2. The number of alkyl halides is 3. The number of hydrogen-bond acceptors (Lipinski definition) is 15. The number of carbonyl (C=O) groups excluding carboxylic acids is 6. The summed E-state index contributed by atoms with van der Waals surface area (Å²) in [4.78, 5) is 80.8. The van der Waals surface area contributed by atoms with Crippen LogP contribution in [0, 0.1) is 0 Å². The first-order valence-electron chi connectivity index (χ1n) is 31.3. The summed E-state index contributed by atoms with van der Waals surface area (Å²) in [5, 5.41) is 13.8. The number of halogens is 3. The standard InChI is InChI=1S/C23H31N3O2S.C18H21ClN2O2S.C10H12ClNOS.C8H12BrNO2.C8H13NO2/c1-16-5-3-12-26(16)13-4-14-28-20-9-6-18(7-10-20)23-25-21-11-8-19(24-17(2)27)15-22(21)29-23;1-12(22)20-14-5-8-16-17(11-14)24-18(21-16)13-3-6-15(7-4-13)23-10-2-9-19;11-6-1-7-13-9-4-2-8(3-5-9)10(12)14;1-5(11)10-6-2-3-8(12)7(9)4-6;1-6(10)9-7-2-4-8(11)5-3-7/h6-7,9-10,16,19H,3-5,8,11-15H2,1-2H3,(H,24,27);3-4,6-7,14H,2,5,8-11H2,1H3,(H,20,22);2-5H,1,6-7H2,(H2,12,14);6-7H,2-4H2,1H3,(H,10,11);7H,2-5H2,1H3,(H,9,10). The smallest absolute Gasteiger partial charge is 0.217 e. The van der Waals surface area contributed by atoms with Crippen LogP contribution in [0.3, 0.4) is 0 Å². The van der Waals surface area contributed by atoms with Crippen molar-refractivity contribution >= 4 is 114 Å². The van der Waals surface area contributed by atoms with Crippen molar-refractivity contribution in [2.75, 3.05) is 44.7 Å². The van der Waals surface area contributed by atoms with Gasteiger partial charge in [-0.25, -0.2) is 9.97 Å². The zero-order chi connectivity index (χ0) is 65.0. The summed E-state index contributed by atoms with van der Waals surface area (Å²) in [6.07, 6.45) is 16.0. The van der Waals surface area contributed by atoms with Gasteiger partial charge in [0.2, 0.25) is 23.6 Å². The van der Waals surface area contributed by atoms with Gasteiger partial charge in [0.1, 0.15) is 43.8 Å². The van der Waals surface area contributed by atoms with Gasteiger partial charge in [0, 0.05) is 135 Å². The van der Waals surface area contributed by atoms with E-state index in [1.165, 1.54) is 54.4 Å². The number of fused-ring (bicyclic) bond motifs is 2. The summed E-state index contributed by atoms with van der Waals surface area (Å²) < 4.78 is 17.0. The molecule has 6 N–H and O–H groups in total. The van der Waals surface area contributed by atoms with Crippen molar-refractivity contribution in [2.45, 2.75) is 185 Å². The van der Waals surface area contributed by atoms with E-state index in [9.17, 15) is 28.8 Å². The number of nitrogens with one attached hydrogen (secondary N) is 4. The molecule has 1 saturated heterocycles. The summed E-state index contributed by atoms with van der Waals surface area (Å²) in [7, 11) is 0. The molecule has 5 aliphatic rings. The normalized spacial score (nSPS) is 19.4. The lowest BCUT2D eigenvalue weighted by Gasteiger charge is -2.24. The van der Waals surface area contributed by atoms with Crippen molar-refractivity contribution in [2.24, 2.45) is 5.73 Å². The first-order chi connectivity index (χ1) is 43.2. The number of ketones is 2. The minimum absolute atomic E-state index is 0.00403. The number of nitrogens with zero attached hydrogens (tertiary/aromatic N) is 3. The number of nitrogens with two attached hydrogens (primary N) is 1. The van der Waals surface area contributed by atoms with Gasteiger partial charge in [-0.15, -0.1) is 45.9 Å². The number of ether oxygens (including phenoxy) is 3. The quantitative estimate of drug-likeness (QED) is 0.0277. The minimum atomic E-state index is -0.0666. The van der Waals surface area contributed by atoms with Crippen molar-refractivity contribution < 1.29 is 43.0 Å². The lowest BCUT2D eigenvalue weighted by molar-refractivity contribution is -0.123. The maximum atomic E-state index is 11.3. The topological polar surface area (TPSA) is 233 Å². The van der Waals surface area contributed by atoms with Crippen LogP contribution >= 0.6 is 74.0 Å². The molecule has 23 heteroatoms. The number of thiocarbonyl (C=S) groups is 1. The second-order valence-electron chi connectivity index (χ2n) is 23.1. The molecular weight excluding hydrogens is 1310 g/mol. The monoisotopic (exact) mass is 1390 g/mol. The van der Waals surface area contributed by atoms with E-state index in [0.717, 1.165) is 147 Å². The predicted octanol–water partition coefficient (Wildman–Crippen LogP) is 11.8. The number of hydrogen-bond donors (Lipinski definition) is 5. The maximum Gasteiger partial charge on any atom is 0.217 e. The molecule has 5 atom stereocenters. The molecule has 90 heavy (non-hydrogen) atoms. The van der Waals surface area contributed by atoms with Crippen LogP contribution in [0.4, 0.5) is 0 Å². The fourth-order valence-electron chi connectivity index (χ4n) is 11.0. The van der Waals surface area contributed by atoms with Gasteiger partial charge < -0.3 is 46.1 Å². The molecule has 4 aliphatic carbocycles. The molecule has 3 fully saturated rings. The van der Waals surface area contributed by atoms with Gasteiger partial charge in [0.05, 0.1) is 36.0 Å². The van der Waals surface area contributed by atoms with E-state index in [1.807, 2.05) is 60.7 Å². The Balaban J connectivity index is 0.000000189. The molecule has 0 radical (unpaired) electrons. The number of benzene rings is 3. The van der Waals surface area contributed by atoms with Crippen molar-refractivity contribution in [1.29, 1.82) is 0 Å². The van der Waals surface area contributed by atoms with E-state index >= 15 is 0 Å². The molecule has 10 rings (SSSR count). The van der Waals surface area contributed by atoms with Crippen LogP contribution in [-0.2, 0) is 54.5 Å². The van der Waals surface area contributed by atoms with Crippen LogP contribution in [0.15, 0.2) is 72.8 Å². The van der Waals surface area contributed by atoms with E-state index in [4.69, 9.17) is 65.3 Å². The first-order valence-corrected chi connectivity index (χ1v) is 35.4. The highest BCUT2D eigenvalue weighted by molar-refractivity contribution is 9.10. The van der Waals surface area contributed by atoms with Crippen LogP contribution in [0.2, 0.25) is 0 Å². The van der Waals surface area contributed by atoms with Crippen molar-refractivity contribution in [3.05, 3.63) is 99.5 Å². The lowest BCUT2D eigenvalue weighted by Crippen LogP contribution is -2.40. The Hall–Kier alpha value is -5.55. The first kappa shape index (κ1) is 73.5. The van der Waals surface area contributed by atoms with Crippen molar-refractivity contribution in [3.8, 4) is 38.4 Å². The number of carbonyl (C=O) groups is 6. The molecule has 2 aromatic heterocycles. The van der Waals surface area contributed by atoms with Gasteiger partial charge in [0.25, 0.3) is 0 Å². The fourth-order valence-corrected chi connectivity index (χ4v) is 14.4. The third-order valence-corrected chi connectivity index (χ3v) is 19.6. The Bertz CT molecular complexity index is 3090. The SMILES string of the molecule is CC(=O)NC1CCC(=O)C(Br)C1.CC(=O)NC1CCC(=O)CC1.CC(=O)NC1CCc2nc(-c3ccc(OCCCCl)cc3)sc2C1.CC(=O)NC1CCc2nc(-c3ccc(OCCCN4CCCC4C)cc3)sc2C1.NC(=S)c1ccc(OCCCCl)cc1. The minimum Gasteiger partial charge on any atom is -0.494 e. The van der Waals surface area contributed by atoms with Gasteiger partial charge in [-0.1, -0.05) is 28.1 Å². The van der Waals surface area contributed by atoms with Gasteiger partial charge in [-0.2, -0.15) is 0 Å². The largest absolute Gasteiger partial charge is 0.494 e.